The number of carbonyl (C=O) groups is 1. The number of nitrogens with one attached hydrogen (secondary N) is 1. The van der Waals surface area contributed by atoms with Crippen molar-refractivity contribution < 1.29 is 32.2 Å². The summed E-state index contributed by atoms with van der Waals surface area (Å²) in [5.74, 6) is -0.453. The molecule has 0 atom stereocenters. The fourth-order valence-corrected chi connectivity index (χ4v) is 3.52. The Kier molecular flexibility index (Phi) is 6.17. The van der Waals surface area contributed by atoms with Crippen molar-refractivity contribution in [2.24, 2.45) is 0 Å². The number of methoxy groups -OCH3 is 4. The predicted molar refractivity (Wildman–Crippen MR) is 99.4 cm³/mol. The van der Waals surface area contributed by atoms with Crippen LogP contribution < -0.4 is 18.9 Å². The lowest BCUT2D eigenvalue weighted by Crippen LogP contribution is -2.17. The van der Waals surface area contributed by atoms with E-state index in [2.05, 4.69) is 4.72 Å². The van der Waals surface area contributed by atoms with Crippen molar-refractivity contribution in [3.63, 3.8) is 0 Å². The molecule has 9 heteroatoms. The van der Waals surface area contributed by atoms with Crippen molar-refractivity contribution in [3.8, 4) is 17.2 Å². The van der Waals surface area contributed by atoms with Gasteiger partial charge in [0.15, 0.2) is 11.5 Å². The molecule has 2 aromatic rings. The number of aryl methyl sites for hydroxylation is 1. The molecule has 27 heavy (non-hydrogen) atoms. The van der Waals surface area contributed by atoms with Gasteiger partial charge in [-0.15, -0.1) is 0 Å². The van der Waals surface area contributed by atoms with Crippen LogP contribution in [0.15, 0.2) is 35.2 Å². The minimum Gasteiger partial charge on any atom is -0.493 e. The van der Waals surface area contributed by atoms with E-state index < -0.39 is 16.0 Å². The van der Waals surface area contributed by atoms with E-state index >= 15 is 0 Å². The Labute approximate surface area is 158 Å². The van der Waals surface area contributed by atoms with Crippen molar-refractivity contribution in [1.29, 1.82) is 0 Å². The molecular weight excluding hydrogens is 374 g/mol. The highest BCUT2D eigenvalue weighted by molar-refractivity contribution is 7.92. The molecule has 0 spiro atoms. The van der Waals surface area contributed by atoms with E-state index in [1.54, 1.807) is 12.1 Å². The van der Waals surface area contributed by atoms with E-state index in [1.165, 1.54) is 46.6 Å². The smallest absolute Gasteiger partial charge is 0.340 e. The average molecular weight is 395 g/mol. The van der Waals surface area contributed by atoms with Gasteiger partial charge in [0.2, 0.25) is 5.75 Å². The highest BCUT2D eigenvalue weighted by Crippen LogP contribution is 2.46. The molecule has 0 saturated heterocycles. The first-order chi connectivity index (χ1) is 12.8. The second-order valence-electron chi connectivity index (χ2n) is 5.48. The molecule has 146 valence electrons. The first-order valence-corrected chi connectivity index (χ1v) is 9.28. The van der Waals surface area contributed by atoms with E-state index in [1.807, 2.05) is 6.92 Å². The lowest BCUT2D eigenvalue weighted by atomic mass is 10.1. The van der Waals surface area contributed by atoms with Gasteiger partial charge in [0.25, 0.3) is 10.0 Å². The van der Waals surface area contributed by atoms with Gasteiger partial charge in [0.1, 0.15) is 5.69 Å². The van der Waals surface area contributed by atoms with Crippen LogP contribution in [-0.4, -0.2) is 42.8 Å². The van der Waals surface area contributed by atoms with Gasteiger partial charge in [-0.1, -0.05) is 17.7 Å². The first-order valence-electron chi connectivity index (χ1n) is 7.79. The highest BCUT2D eigenvalue weighted by atomic mass is 32.2. The van der Waals surface area contributed by atoms with Crippen molar-refractivity contribution in [3.05, 3.63) is 41.5 Å². The van der Waals surface area contributed by atoms with Gasteiger partial charge in [-0.2, -0.15) is 0 Å². The minimum atomic E-state index is -4.01. The van der Waals surface area contributed by atoms with Gasteiger partial charge in [0, 0.05) is 6.07 Å². The molecule has 8 nitrogen and oxygen atoms in total. The Balaban J connectivity index is 2.69. The summed E-state index contributed by atoms with van der Waals surface area (Å²) >= 11 is 0. The van der Waals surface area contributed by atoms with Gasteiger partial charge in [-0.05, 0) is 19.1 Å². The van der Waals surface area contributed by atoms with Crippen LogP contribution in [0.5, 0.6) is 17.2 Å². The van der Waals surface area contributed by atoms with Crippen LogP contribution in [0.2, 0.25) is 0 Å². The molecule has 0 fully saturated rings. The second kappa shape index (κ2) is 8.17. The number of hydrogen-bond acceptors (Lipinski definition) is 7. The molecule has 0 bridgehead atoms. The summed E-state index contributed by atoms with van der Waals surface area (Å²) in [6, 6.07) is 7.58. The van der Waals surface area contributed by atoms with Crippen molar-refractivity contribution in [1.82, 2.24) is 0 Å². The number of carbonyl (C=O) groups excluding carboxylic acids is 1. The summed E-state index contributed by atoms with van der Waals surface area (Å²) in [6.45, 7) is 1.84. The Hall–Kier alpha value is -2.94. The molecular formula is C18H21NO7S. The maximum Gasteiger partial charge on any atom is 0.340 e. The Morgan fingerprint density at radius 3 is 2.00 bits per heavy atom. The third-order valence-corrected chi connectivity index (χ3v) is 5.17. The van der Waals surface area contributed by atoms with E-state index in [0.717, 1.165) is 5.56 Å². The molecule has 0 aliphatic rings. The summed E-state index contributed by atoms with van der Waals surface area (Å²) in [7, 11) is 1.26. The van der Waals surface area contributed by atoms with Crippen LogP contribution in [0, 0.1) is 6.92 Å². The molecule has 2 rings (SSSR count). The maximum atomic E-state index is 12.8. The third-order valence-electron chi connectivity index (χ3n) is 3.80. The normalized spacial score (nSPS) is 10.9. The first kappa shape index (κ1) is 20.4. The topological polar surface area (TPSA) is 100 Å². The van der Waals surface area contributed by atoms with Crippen LogP contribution in [-0.2, 0) is 14.8 Å². The maximum absolute atomic E-state index is 12.8. The van der Waals surface area contributed by atoms with Crippen LogP contribution in [0.3, 0.4) is 0 Å². The quantitative estimate of drug-likeness (QED) is 0.719. The van der Waals surface area contributed by atoms with Crippen LogP contribution in [0.1, 0.15) is 15.9 Å². The number of esters is 1. The third kappa shape index (κ3) is 4.08. The van der Waals surface area contributed by atoms with Crippen LogP contribution >= 0.6 is 0 Å². The van der Waals surface area contributed by atoms with Gasteiger partial charge in [-0.3, -0.25) is 4.72 Å². The summed E-state index contributed by atoms with van der Waals surface area (Å²) in [4.78, 5) is 12.3. The molecule has 0 saturated carbocycles. The molecule has 0 unspecified atom stereocenters. The van der Waals surface area contributed by atoms with Gasteiger partial charge in [0.05, 0.1) is 38.9 Å². The zero-order valence-electron chi connectivity index (χ0n) is 15.7. The number of rotatable bonds is 7. The van der Waals surface area contributed by atoms with Crippen LogP contribution in [0.25, 0.3) is 0 Å². The summed E-state index contributed by atoms with van der Waals surface area (Å²) in [5, 5.41) is 0. The summed E-state index contributed by atoms with van der Waals surface area (Å²) in [5.41, 5.74) is 0.721. The minimum absolute atomic E-state index is 0.00654. The van der Waals surface area contributed by atoms with E-state index in [-0.39, 0.29) is 33.4 Å². The number of sulfonamides is 1. The van der Waals surface area contributed by atoms with Gasteiger partial charge in [-0.25, -0.2) is 13.2 Å². The molecule has 0 aromatic heterocycles. The van der Waals surface area contributed by atoms with E-state index in [0.29, 0.717) is 0 Å². The number of hydrogen-bond donors (Lipinski definition) is 1. The fourth-order valence-electron chi connectivity index (χ4n) is 2.44. The zero-order chi connectivity index (χ0) is 20.2. The molecule has 1 N–H and O–H groups in total. The summed E-state index contributed by atoms with van der Waals surface area (Å²) < 4.78 is 48.5. The fraction of sp³-hybridized carbons (Fsp3) is 0.278. The Morgan fingerprint density at radius 1 is 0.926 bits per heavy atom. The predicted octanol–water partition coefficient (Wildman–Crippen LogP) is 2.61. The average Bonchev–Trinajstić information content (AvgIpc) is 2.66. The second-order valence-corrected chi connectivity index (χ2v) is 7.16. The molecule has 2 aromatic carbocycles. The van der Waals surface area contributed by atoms with Gasteiger partial charge >= 0.3 is 5.97 Å². The number of benzene rings is 2. The molecule has 0 heterocycles. The highest BCUT2D eigenvalue weighted by Gasteiger charge is 2.28. The molecule has 0 aliphatic heterocycles. The Morgan fingerprint density at radius 2 is 1.52 bits per heavy atom. The lowest BCUT2D eigenvalue weighted by molar-refractivity contribution is 0.0601. The van der Waals surface area contributed by atoms with Crippen LogP contribution in [0.4, 0.5) is 5.69 Å². The number of anilines is 1. The molecule has 0 amide bonds. The largest absolute Gasteiger partial charge is 0.493 e. The standard InChI is InChI=1S/C18H21NO7S/c1-11-6-8-12(9-7-11)27(21,22)19-15-13(18(20)26-5)10-14(23-2)16(24-3)17(15)25-4/h6-10,19H,1-5H3. The van der Waals surface area contributed by atoms with Gasteiger partial charge < -0.3 is 18.9 Å². The van der Waals surface area contributed by atoms with E-state index in [4.69, 9.17) is 18.9 Å². The summed E-state index contributed by atoms with van der Waals surface area (Å²) in [6.07, 6.45) is 0. The van der Waals surface area contributed by atoms with Crippen molar-refractivity contribution in [2.75, 3.05) is 33.2 Å². The van der Waals surface area contributed by atoms with E-state index in [9.17, 15) is 13.2 Å². The molecule has 0 aliphatic carbocycles. The lowest BCUT2D eigenvalue weighted by Gasteiger charge is -2.19. The van der Waals surface area contributed by atoms with Crippen molar-refractivity contribution in [2.45, 2.75) is 11.8 Å². The Bertz CT molecular complexity index is 937. The zero-order valence-corrected chi connectivity index (χ0v) is 16.5. The van der Waals surface area contributed by atoms with Crippen molar-refractivity contribution >= 4 is 21.7 Å². The molecule has 0 radical (unpaired) electrons. The number of ether oxygens (including phenoxy) is 4. The monoisotopic (exact) mass is 395 g/mol. The SMILES string of the molecule is COC(=O)c1cc(OC)c(OC)c(OC)c1NS(=O)(=O)c1ccc(C)cc1.